The molecule has 6 nitrogen and oxygen atoms in total. The van der Waals surface area contributed by atoms with E-state index in [0.29, 0.717) is 32.1 Å². The minimum absolute atomic E-state index is 0.0854. The second-order valence-electron chi connectivity index (χ2n) is 11.4. The summed E-state index contributed by atoms with van der Waals surface area (Å²) in [7, 11) is 1.29. The lowest BCUT2D eigenvalue weighted by Gasteiger charge is -2.58. The smallest absolute Gasteiger partial charge is 0.309 e. The first-order chi connectivity index (χ1) is 16.9. The Bertz CT molecular complexity index is 906. The van der Waals surface area contributed by atoms with Crippen molar-refractivity contribution >= 4 is 23.3 Å². The van der Waals surface area contributed by atoms with Crippen LogP contribution >= 0.6 is 0 Å². The Kier molecular flexibility index (Phi) is 10.4. The highest BCUT2D eigenvalue weighted by atomic mass is 16.5. The highest BCUT2D eigenvalue weighted by Gasteiger charge is 2.72. The van der Waals surface area contributed by atoms with Gasteiger partial charge in [-0.3, -0.25) is 19.2 Å². The summed E-state index contributed by atoms with van der Waals surface area (Å²) in [6, 6.07) is 0. The zero-order valence-corrected chi connectivity index (χ0v) is 23.3. The van der Waals surface area contributed by atoms with Crippen molar-refractivity contribution in [3.8, 4) is 0 Å². The first kappa shape index (κ1) is 30.1. The normalized spacial score (nSPS) is 30.4. The first-order valence-corrected chi connectivity index (χ1v) is 13.6. The molecular formula is C30H46O6. The van der Waals surface area contributed by atoms with E-state index >= 15 is 0 Å². The minimum Gasteiger partial charge on any atom is -0.469 e. The van der Waals surface area contributed by atoms with Gasteiger partial charge in [0.05, 0.1) is 30.0 Å². The molecule has 0 aromatic rings. The lowest BCUT2D eigenvalue weighted by atomic mass is 9.42. The summed E-state index contributed by atoms with van der Waals surface area (Å²) in [5.74, 6) is -4.01. The molecule has 0 saturated heterocycles. The molecule has 0 aromatic heterocycles. The number of aliphatic hydroxyl groups is 1. The first-order valence-electron chi connectivity index (χ1n) is 13.6. The van der Waals surface area contributed by atoms with Crippen LogP contribution in [0.25, 0.3) is 0 Å². The minimum atomic E-state index is -1.54. The van der Waals surface area contributed by atoms with Gasteiger partial charge in [-0.1, -0.05) is 50.0 Å². The molecule has 0 amide bonds. The van der Waals surface area contributed by atoms with Crippen molar-refractivity contribution in [2.45, 2.75) is 105 Å². The number of hydrogen-bond donors (Lipinski definition) is 1. The maximum atomic E-state index is 14.6. The summed E-state index contributed by atoms with van der Waals surface area (Å²) in [5.41, 5.74) is -0.859. The predicted octanol–water partition coefficient (Wildman–Crippen LogP) is 5.56. The van der Waals surface area contributed by atoms with Crippen molar-refractivity contribution in [2.24, 2.45) is 28.6 Å². The van der Waals surface area contributed by atoms with E-state index in [0.717, 1.165) is 17.6 Å². The van der Waals surface area contributed by atoms with Crippen LogP contribution < -0.4 is 0 Å². The molecule has 6 unspecified atom stereocenters. The molecule has 2 rings (SSSR count). The molecule has 0 heterocycles. The van der Waals surface area contributed by atoms with Crippen LogP contribution in [0.2, 0.25) is 0 Å². The number of methoxy groups -OCH3 is 1. The Morgan fingerprint density at radius 3 is 2.22 bits per heavy atom. The van der Waals surface area contributed by atoms with Crippen LogP contribution in [0.3, 0.4) is 0 Å². The Hall–Kier alpha value is -2.08. The molecule has 6 heteroatoms. The molecule has 2 saturated carbocycles. The number of esters is 1. The zero-order valence-electron chi connectivity index (χ0n) is 23.3. The summed E-state index contributed by atoms with van der Waals surface area (Å²) in [6.45, 7) is 11.7. The van der Waals surface area contributed by atoms with Crippen LogP contribution in [-0.2, 0) is 23.9 Å². The van der Waals surface area contributed by atoms with E-state index in [-0.39, 0.29) is 36.7 Å². The van der Waals surface area contributed by atoms with E-state index in [9.17, 15) is 24.3 Å². The Morgan fingerprint density at radius 2 is 1.69 bits per heavy atom. The Labute approximate surface area is 216 Å². The van der Waals surface area contributed by atoms with Gasteiger partial charge in [0.1, 0.15) is 11.7 Å². The maximum absolute atomic E-state index is 14.6. The largest absolute Gasteiger partial charge is 0.469 e. The number of hydrogen-bond acceptors (Lipinski definition) is 6. The Morgan fingerprint density at radius 1 is 1.06 bits per heavy atom. The molecule has 202 valence electrons. The molecule has 0 aliphatic heterocycles. The third-order valence-corrected chi connectivity index (χ3v) is 8.23. The van der Waals surface area contributed by atoms with Crippen LogP contribution in [0.1, 0.15) is 99.3 Å². The number of allylic oxidation sites excluding steroid dienone is 4. The van der Waals surface area contributed by atoms with Crippen molar-refractivity contribution < 1.29 is 29.0 Å². The van der Waals surface area contributed by atoms with Gasteiger partial charge in [0, 0.05) is 6.42 Å². The Balaban J connectivity index is 2.86. The molecule has 0 spiro atoms. The van der Waals surface area contributed by atoms with Gasteiger partial charge in [-0.25, -0.2) is 0 Å². The van der Waals surface area contributed by atoms with Crippen molar-refractivity contribution in [3.63, 3.8) is 0 Å². The molecule has 2 bridgehead atoms. The number of carbonyl (C=O) groups excluding carboxylic acids is 4. The van der Waals surface area contributed by atoms with Crippen molar-refractivity contribution in [3.05, 3.63) is 23.3 Å². The van der Waals surface area contributed by atoms with Gasteiger partial charge < -0.3 is 9.84 Å². The fourth-order valence-electron chi connectivity index (χ4n) is 6.47. The van der Waals surface area contributed by atoms with Gasteiger partial charge in [0.2, 0.25) is 0 Å². The number of ether oxygens (including phenoxy) is 1. The molecule has 36 heavy (non-hydrogen) atoms. The van der Waals surface area contributed by atoms with E-state index < -0.39 is 40.5 Å². The summed E-state index contributed by atoms with van der Waals surface area (Å²) < 4.78 is 5.18. The van der Waals surface area contributed by atoms with Gasteiger partial charge in [-0.05, 0) is 72.1 Å². The second-order valence-corrected chi connectivity index (χ2v) is 11.4. The van der Waals surface area contributed by atoms with Crippen molar-refractivity contribution in [1.29, 1.82) is 0 Å². The fraction of sp³-hybridized carbons (Fsp3) is 0.733. The number of fused-ring (bicyclic) bond motifs is 2. The number of ketones is 3. The van der Waals surface area contributed by atoms with Gasteiger partial charge in [0.15, 0.2) is 11.6 Å². The van der Waals surface area contributed by atoms with E-state index in [1.807, 2.05) is 47.6 Å². The highest BCUT2D eigenvalue weighted by molar-refractivity contribution is 6.20. The van der Waals surface area contributed by atoms with E-state index in [1.54, 1.807) is 0 Å². The quantitative estimate of drug-likeness (QED) is 0.213. The van der Waals surface area contributed by atoms with Gasteiger partial charge >= 0.3 is 5.97 Å². The number of carbonyl (C=O) groups is 4. The molecule has 2 aliphatic carbocycles. The van der Waals surface area contributed by atoms with Crippen molar-refractivity contribution in [1.82, 2.24) is 0 Å². The summed E-state index contributed by atoms with van der Waals surface area (Å²) in [5, 5.41) is 11.9. The third kappa shape index (κ3) is 5.58. The van der Waals surface area contributed by atoms with Crippen LogP contribution in [0.5, 0.6) is 0 Å². The SMILES string of the molecule is CCCCC(C(=O)OC)C12CC(CC=C(C)C)CC(CC=C(C)C)(C(=O)C(C(=O)CCC)C1O)C2=O. The monoisotopic (exact) mass is 502 g/mol. The summed E-state index contributed by atoms with van der Waals surface area (Å²) in [6.07, 6.45) is 6.38. The third-order valence-electron chi connectivity index (χ3n) is 8.23. The van der Waals surface area contributed by atoms with Crippen LogP contribution in [0.4, 0.5) is 0 Å². The van der Waals surface area contributed by atoms with Gasteiger partial charge in [0.25, 0.3) is 0 Å². The van der Waals surface area contributed by atoms with Crippen LogP contribution in [0.15, 0.2) is 23.3 Å². The van der Waals surface area contributed by atoms with E-state index in [1.165, 1.54) is 7.11 Å². The fourth-order valence-corrected chi connectivity index (χ4v) is 6.47. The number of Topliss-reactive ketones (excluding diaryl/α,β-unsaturated/α-hetero) is 3. The lowest BCUT2D eigenvalue weighted by Crippen LogP contribution is -2.71. The highest BCUT2D eigenvalue weighted by Crippen LogP contribution is 2.61. The average molecular weight is 503 g/mol. The van der Waals surface area contributed by atoms with Gasteiger partial charge in [-0.2, -0.15) is 0 Å². The molecule has 2 aliphatic rings. The second kappa shape index (κ2) is 12.4. The molecular weight excluding hydrogens is 456 g/mol. The average Bonchev–Trinajstić information content (AvgIpc) is 2.82. The molecule has 0 radical (unpaired) electrons. The molecule has 0 aromatic carbocycles. The standard InChI is InChI=1S/C30H46O6/c1-8-10-12-22(27(34)36-7)30-18-21(14-13-19(3)4)17-29(28(30)35,16-15-20(5)6)25(32)24(26(30)33)23(31)11-9-2/h13,15,21-22,24,26,33H,8-12,14,16-18H2,1-7H3. The predicted molar refractivity (Wildman–Crippen MR) is 140 cm³/mol. The molecule has 6 atom stereocenters. The van der Waals surface area contributed by atoms with E-state index in [2.05, 4.69) is 6.08 Å². The summed E-state index contributed by atoms with van der Waals surface area (Å²) >= 11 is 0. The van der Waals surface area contributed by atoms with Gasteiger partial charge in [-0.15, -0.1) is 0 Å². The molecule has 2 fully saturated rings. The topological polar surface area (TPSA) is 97.7 Å². The molecule has 1 N–H and O–H groups in total. The lowest BCUT2D eigenvalue weighted by molar-refractivity contribution is -0.196. The summed E-state index contributed by atoms with van der Waals surface area (Å²) in [4.78, 5) is 55.3. The number of rotatable bonds is 12. The van der Waals surface area contributed by atoms with Crippen LogP contribution in [0, 0.1) is 28.6 Å². The van der Waals surface area contributed by atoms with Crippen LogP contribution in [-0.4, -0.2) is 41.6 Å². The number of aliphatic hydroxyl groups excluding tert-OH is 1. The van der Waals surface area contributed by atoms with E-state index in [4.69, 9.17) is 4.74 Å². The van der Waals surface area contributed by atoms with Crippen molar-refractivity contribution in [2.75, 3.05) is 7.11 Å². The maximum Gasteiger partial charge on any atom is 0.309 e. The number of unbranched alkanes of at least 4 members (excludes halogenated alkanes) is 1. The zero-order chi connectivity index (χ0) is 27.3.